The molecule has 0 saturated heterocycles. The molecule has 3 rings (SSSR count). The molecule has 0 spiro atoms. The van der Waals surface area contributed by atoms with Gasteiger partial charge in [0.1, 0.15) is 17.9 Å². The maximum Gasteiger partial charge on any atom is 0.417 e. The van der Waals surface area contributed by atoms with Gasteiger partial charge in [-0.15, -0.1) is 0 Å². The van der Waals surface area contributed by atoms with E-state index in [1.807, 2.05) is 6.92 Å². The van der Waals surface area contributed by atoms with E-state index in [9.17, 15) is 35.9 Å². The Bertz CT molecular complexity index is 1500. The van der Waals surface area contributed by atoms with Crippen LogP contribution in [0.25, 0.3) is 22.1 Å². The molecule has 0 aliphatic rings. The Morgan fingerprint density at radius 2 is 1.57 bits per heavy atom. The van der Waals surface area contributed by atoms with E-state index in [-0.39, 0.29) is 28.9 Å². The Morgan fingerprint density at radius 3 is 2.18 bits per heavy atom. The fourth-order valence-corrected chi connectivity index (χ4v) is 4.79. The first-order valence-corrected chi connectivity index (χ1v) is 14.4. The molecule has 44 heavy (non-hydrogen) atoms. The predicted octanol–water partition coefficient (Wildman–Crippen LogP) is 9.53. The first kappa shape index (κ1) is 35.0. The Kier molecular flexibility index (Phi) is 10.9. The van der Waals surface area contributed by atoms with Gasteiger partial charge in [0.15, 0.2) is 0 Å². The molecule has 1 aromatic heterocycles. The Morgan fingerprint density at radius 1 is 0.864 bits per heavy atom. The second kappa shape index (κ2) is 13.6. The van der Waals surface area contributed by atoms with E-state index in [1.54, 1.807) is 26.8 Å². The highest BCUT2D eigenvalue weighted by molar-refractivity contribution is 5.83. The topological polar surface area (TPSA) is 65.7 Å². The summed E-state index contributed by atoms with van der Waals surface area (Å²) >= 11 is 0. The highest BCUT2D eigenvalue weighted by Crippen LogP contribution is 2.39. The largest absolute Gasteiger partial charge is 0.493 e. The number of alkyl halides is 6. The number of esters is 1. The number of aryl methyl sites for hydroxylation is 1. The zero-order valence-electron chi connectivity index (χ0n) is 25.5. The summed E-state index contributed by atoms with van der Waals surface area (Å²) in [6.45, 7) is 7.66. The minimum atomic E-state index is -4.71. The third kappa shape index (κ3) is 10.3. The number of halogens is 6. The van der Waals surface area contributed by atoms with Crippen molar-refractivity contribution in [3.05, 3.63) is 64.0 Å². The zero-order chi connectivity index (χ0) is 32.9. The van der Waals surface area contributed by atoms with Gasteiger partial charge in [0, 0.05) is 22.4 Å². The van der Waals surface area contributed by atoms with Crippen LogP contribution in [0.1, 0.15) is 77.8 Å². The van der Waals surface area contributed by atoms with Gasteiger partial charge in [-0.05, 0) is 48.1 Å². The molecule has 11 heteroatoms. The van der Waals surface area contributed by atoms with Gasteiger partial charge >= 0.3 is 23.9 Å². The molecule has 242 valence electrons. The summed E-state index contributed by atoms with van der Waals surface area (Å²) in [6.07, 6.45) is -7.50. The number of rotatable bonds is 12. The minimum absolute atomic E-state index is 0.0184. The first-order valence-electron chi connectivity index (χ1n) is 14.4. The lowest BCUT2D eigenvalue weighted by Crippen LogP contribution is -2.36. The van der Waals surface area contributed by atoms with Crippen LogP contribution in [-0.4, -0.2) is 25.4 Å². The SMILES string of the molecule is CCCCCc1ccc(-c2cc3ccc(OCC(C)(COC(=O)CC(C)(C)C)CC(F)(F)F)cc3oc2=O)c(C(F)(F)F)c1. The highest BCUT2D eigenvalue weighted by atomic mass is 19.4. The third-order valence-electron chi connectivity index (χ3n) is 6.93. The Labute approximate surface area is 252 Å². The number of benzene rings is 2. The number of carbonyl (C=O) groups is 1. The normalized spacial score (nSPS) is 14.0. The molecule has 0 aliphatic carbocycles. The Hall–Kier alpha value is -3.50. The fraction of sp³-hybridized carbons (Fsp3) is 0.515. The highest BCUT2D eigenvalue weighted by Gasteiger charge is 2.41. The van der Waals surface area contributed by atoms with Crippen LogP contribution < -0.4 is 10.4 Å². The molecule has 0 radical (unpaired) electrons. The molecule has 0 N–H and O–H groups in total. The van der Waals surface area contributed by atoms with Crippen LogP contribution in [0.15, 0.2) is 51.7 Å². The van der Waals surface area contributed by atoms with E-state index in [0.29, 0.717) is 17.4 Å². The minimum Gasteiger partial charge on any atom is -0.493 e. The molecule has 0 aliphatic heterocycles. The molecule has 1 atom stereocenters. The van der Waals surface area contributed by atoms with Crippen molar-refractivity contribution in [2.45, 2.75) is 85.5 Å². The van der Waals surface area contributed by atoms with Crippen LogP contribution in [0.2, 0.25) is 0 Å². The molecule has 0 amide bonds. The average molecular weight is 629 g/mol. The smallest absolute Gasteiger partial charge is 0.417 e. The van der Waals surface area contributed by atoms with Crippen LogP contribution in [0.4, 0.5) is 26.3 Å². The maximum atomic E-state index is 14.0. The van der Waals surface area contributed by atoms with Gasteiger partial charge < -0.3 is 13.9 Å². The van der Waals surface area contributed by atoms with Crippen LogP contribution in [-0.2, 0) is 22.1 Å². The van der Waals surface area contributed by atoms with E-state index >= 15 is 0 Å². The summed E-state index contributed by atoms with van der Waals surface area (Å²) in [5, 5.41) is 0.293. The summed E-state index contributed by atoms with van der Waals surface area (Å²) in [6, 6.07) is 9.32. The molecule has 0 bridgehead atoms. The van der Waals surface area contributed by atoms with Crippen molar-refractivity contribution in [1.29, 1.82) is 0 Å². The molecular formula is C33H38F6O5. The number of hydrogen-bond acceptors (Lipinski definition) is 5. The molecule has 5 nitrogen and oxygen atoms in total. The number of unbranched alkanes of at least 4 members (excludes halogenated alkanes) is 2. The second-order valence-electron chi connectivity index (χ2n) is 12.8. The number of fused-ring (bicyclic) bond motifs is 1. The van der Waals surface area contributed by atoms with Gasteiger partial charge in [-0.2, -0.15) is 26.3 Å². The molecule has 1 heterocycles. The standard InChI is InChI=1S/C33H38F6O5/c1-6-7-8-9-21-10-13-24(26(14-21)33(37,38)39)25-15-22-11-12-23(16-27(22)44-29(25)41)42-19-31(5,18-32(34,35)36)20-43-28(40)17-30(2,3)4/h10-16H,6-9,17-20H2,1-5H3. The molecule has 0 saturated carbocycles. The lowest BCUT2D eigenvalue weighted by Gasteiger charge is -2.30. The van der Waals surface area contributed by atoms with E-state index in [2.05, 4.69) is 0 Å². The second-order valence-corrected chi connectivity index (χ2v) is 12.8. The van der Waals surface area contributed by atoms with E-state index < -0.39 is 60.0 Å². The number of hydrogen-bond donors (Lipinski definition) is 0. The van der Waals surface area contributed by atoms with Gasteiger partial charge in [0.2, 0.25) is 0 Å². The van der Waals surface area contributed by atoms with Gasteiger partial charge in [0.25, 0.3) is 0 Å². The summed E-state index contributed by atoms with van der Waals surface area (Å²) in [5.74, 6) is -0.566. The van der Waals surface area contributed by atoms with Crippen LogP contribution in [0, 0.1) is 10.8 Å². The third-order valence-corrected chi connectivity index (χ3v) is 6.93. The van der Waals surface area contributed by atoms with Gasteiger partial charge in [0.05, 0.1) is 30.6 Å². The van der Waals surface area contributed by atoms with Crippen LogP contribution in [0.5, 0.6) is 5.75 Å². The van der Waals surface area contributed by atoms with Gasteiger partial charge in [-0.25, -0.2) is 4.79 Å². The fourth-order valence-electron chi connectivity index (χ4n) is 4.79. The van der Waals surface area contributed by atoms with Crippen molar-refractivity contribution in [1.82, 2.24) is 0 Å². The maximum absolute atomic E-state index is 14.0. The molecule has 0 fully saturated rings. The van der Waals surface area contributed by atoms with E-state index in [1.165, 1.54) is 37.3 Å². The first-order chi connectivity index (χ1) is 20.3. The molecular weight excluding hydrogens is 590 g/mol. The summed E-state index contributed by atoms with van der Waals surface area (Å²) in [4.78, 5) is 25.0. The van der Waals surface area contributed by atoms with E-state index in [0.717, 1.165) is 25.3 Å². The lowest BCUT2D eigenvalue weighted by atomic mass is 9.88. The summed E-state index contributed by atoms with van der Waals surface area (Å²) < 4.78 is 98.3. The predicted molar refractivity (Wildman–Crippen MR) is 155 cm³/mol. The van der Waals surface area contributed by atoms with Crippen molar-refractivity contribution in [2.24, 2.45) is 10.8 Å². The lowest BCUT2D eigenvalue weighted by molar-refractivity contribution is -0.175. The molecule has 2 aromatic carbocycles. The summed E-state index contributed by atoms with van der Waals surface area (Å²) in [5.41, 5.74) is -4.06. The van der Waals surface area contributed by atoms with Crippen molar-refractivity contribution in [3.8, 4) is 16.9 Å². The van der Waals surface area contributed by atoms with Crippen molar-refractivity contribution >= 4 is 16.9 Å². The number of carbonyl (C=O) groups excluding carboxylic acids is 1. The van der Waals surface area contributed by atoms with Crippen LogP contribution >= 0.6 is 0 Å². The van der Waals surface area contributed by atoms with Gasteiger partial charge in [-0.3, -0.25) is 4.79 Å². The van der Waals surface area contributed by atoms with Gasteiger partial charge in [-0.1, -0.05) is 59.6 Å². The molecule has 3 aromatic rings. The Balaban J connectivity index is 1.86. The van der Waals surface area contributed by atoms with Crippen LogP contribution in [0.3, 0.4) is 0 Å². The van der Waals surface area contributed by atoms with E-state index in [4.69, 9.17) is 13.9 Å². The zero-order valence-corrected chi connectivity index (χ0v) is 25.5. The van der Waals surface area contributed by atoms with Crippen molar-refractivity contribution in [2.75, 3.05) is 13.2 Å². The summed E-state index contributed by atoms with van der Waals surface area (Å²) in [7, 11) is 0. The monoisotopic (exact) mass is 628 g/mol. The molecule has 1 unspecified atom stereocenters. The number of ether oxygens (including phenoxy) is 2. The quantitative estimate of drug-likeness (QED) is 0.0865. The average Bonchev–Trinajstić information content (AvgIpc) is 2.88. The van der Waals surface area contributed by atoms with Crippen molar-refractivity contribution < 1.29 is 45.0 Å². The van der Waals surface area contributed by atoms with Crippen molar-refractivity contribution in [3.63, 3.8) is 0 Å².